The van der Waals surface area contributed by atoms with E-state index in [-0.39, 0.29) is 47.7 Å². The third-order valence-corrected chi connectivity index (χ3v) is 13.3. The van der Waals surface area contributed by atoms with Gasteiger partial charge in [-0.2, -0.15) is 5.26 Å². The van der Waals surface area contributed by atoms with Crippen molar-refractivity contribution in [2.75, 3.05) is 55.6 Å². The van der Waals surface area contributed by atoms with Crippen molar-refractivity contribution in [2.45, 2.75) is 71.6 Å². The normalized spacial score (nSPS) is 24.1. The lowest BCUT2D eigenvalue weighted by molar-refractivity contribution is -0.164. The predicted molar refractivity (Wildman–Crippen MR) is 218 cm³/mol. The van der Waals surface area contributed by atoms with Crippen molar-refractivity contribution in [3.05, 3.63) is 75.7 Å². The first-order valence-electron chi connectivity index (χ1n) is 20.3. The van der Waals surface area contributed by atoms with Crippen LogP contribution in [0.2, 0.25) is 5.02 Å². The van der Waals surface area contributed by atoms with Crippen LogP contribution in [-0.2, 0) is 9.59 Å². The van der Waals surface area contributed by atoms with E-state index in [0.29, 0.717) is 41.0 Å². The highest BCUT2D eigenvalue weighted by atomic mass is 35.5. The summed E-state index contributed by atoms with van der Waals surface area (Å²) in [6, 6.07) is 12.1. The number of halogens is 2. The largest absolute Gasteiger partial charge is 0.489 e. The van der Waals surface area contributed by atoms with E-state index in [2.05, 4.69) is 36.7 Å². The quantitative estimate of drug-likeness (QED) is 0.294. The molecule has 0 radical (unpaired) electrons. The van der Waals surface area contributed by atoms with Crippen LogP contribution in [0, 0.1) is 33.9 Å². The molecule has 4 fully saturated rings. The average molecular weight is 840 g/mol. The number of piperidine rings is 2. The van der Waals surface area contributed by atoms with Crippen molar-refractivity contribution in [2.24, 2.45) is 16.7 Å². The molecule has 5 aliphatic rings. The van der Waals surface area contributed by atoms with Crippen LogP contribution in [-0.4, -0.2) is 114 Å². The Morgan fingerprint density at radius 2 is 1.65 bits per heavy atom. The fourth-order valence-corrected chi connectivity index (χ4v) is 10.2. The zero-order chi connectivity index (χ0) is 42.7. The molecule has 4 aliphatic heterocycles. The van der Waals surface area contributed by atoms with Crippen LogP contribution in [0.15, 0.2) is 42.5 Å². The predicted octanol–water partition coefficient (Wildman–Crippen LogP) is 4.19. The molecule has 1 aliphatic carbocycles. The van der Waals surface area contributed by atoms with E-state index >= 15 is 4.39 Å². The van der Waals surface area contributed by atoms with E-state index in [0.717, 1.165) is 56.3 Å². The van der Waals surface area contributed by atoms with Crippen LogP contribution in [0.25, 0.3) is 0 Å². The summed E-state index contributed by atoms with van der Waals surface area (Å²) in [5.74, 6) is -2.14. The lowest BCUT2D eigenvalue weighted by atomic mass is 9.49. The summed E-state index contributed by atoms with van der Waals surface area (Å²) in [7, 11) is 0. The maximum atomic E-state index is 15.4. The smallest absolute Gasteiger partial charge is 0.272 e. The van der Waals surface area contributed by atoms with Gasteiger partial charge in [-0.05, 0) is 61.6 Å². The van der Waals surface area contributed by atoms with Gasteiger partial charge in [-0.15, -0.1) is 10.2 Å². The number of aromatic nitrogens is 2. The molecule has 3 aromatic rings. The number of nitrogens with zero attached hydrogens (tertiary/aromatic N) is 7. The van der Waals surface area contributed by atoms with E-state index in [9.17, 15) is 29.2 Å². The Hall–Kier alpha value is -5.66. The molecule has 0 bridgehead atoms. The van der Waals surface area contributed by atoms with Crippen molar-refractivity contribution in [1.29, 1.82) is 5.26 Å². The molecule has 60 heavy (non-hydrogen) atoms. The first kappa shape index (κ1) is 41.1. The Morgan fingerprint density at radius 1 is 0.933 bits per heavy atom. The number of anilines is 2. The Kier molecular flexibility index (Phi) is 10.8. The van der Waals surface area contributed by atoms with Crippen LogP contribution in [0.4, 0.5) is 15.9 Å². The number of carbonyl (C=O) groups is 5. The number of hydrogen-bond donors (Lipinski definition) is 2. The minimum Gasteiger partial charge on any atom is -0.489 e. The van der Waals surface area contributed by atoms with Crippen molar-refractivity contribution >= 4 is 52.6 Å². The van der Waals surface area contributed by atoms with Gasteiger partial charge < -0.3 is 19.9 Å². The topological polar surface area (TPSA) is 181 Å². The summed E-state index contributed by atoms with van der Waals surface area (Å²) in [6.45, 7) is 13.4. The summed E-state index contributed by atoms with van der Waals surface area (Å²) >= 11 is 6.23. The first-order valence-corrected chi connectivity index (χ1v) is 20.7. The van der Waals surface area contributed by atoms with Gasteiger partial charge in [0.25, 0.3) is 17.7 Å². The SMILES string of the molecule is CC1(C)C(NC(=O)c2ccc(N3CCC(CN4CCN(c5cc(F)c6c(c5)C(=O)N(C5CCC(=O)NC5=O)C6=O)CC4)CC3)nn2)C(C)(C)C1Oc1ccc(C#N)c(Cl)c1. The van der Waals surface area contributed by atoms with E-state index in [1.807, 2.05) is 38.7 Å². The van der Waals surface area contributed by atoms with Crippen LogP contribution >= 0.6 is 11.6 Å². The molecule has 2 N–H and O–H groups in total. The summed E-state index contributed by atoms with van der Waals surface area (Å²) in [5.41, 5.74) is -0.105. The van der Waals surface area contributed by atoms with Crippen LogP contribution in [0.1, 0.15) is 90.1 Å². The molecule has 2 aromatic carbocycles. The van der Waals surface area contributed by atoms with Gasteiger partial charge in [0, 0.05) is 80.9 Å². The molecule has 17 heteroatoms. The van der Waals surface area contributed by atoms with Crippen LogP contribution in [0.5, 0.6) is 5.75 Å². The molecule has 314 valence electrons. The molecule has 15 nitrogen and oxygen atoms in total. The molecular formula is C43H47ClFN9O6. The van der Waals surface area contributed by atoms with Gasteiger partial charge in [-0.3, -0.25) is 39.1 Å². The van der Waals surface area contributed by atoms with Gasteiger partial charge in [0.15, 0.2) is 11.5 Å². The average Bonchev–Trinajstić information content (AvgIpc) is 3.48. The number of fused-ring (bicyclic) bond motifs is 1. The fourth-order valence-electron chi connectivity index (χ4n) is 10.0. The third-order valence-electron chi connectivity index (χ3n) is 13.0. The van der Waals surface area contributed by atoms with Gasteiger partial charge in [0.05, 0.1) is 21.7 Å². The Bertz CT molecular complexity index is 2280. The van der Waals surface area contributed by atoms with Gasteiger partial charge in [0.1, 0.15) is 29.8 Å². The van der Waals surface area contributed by atoms with Crippen molar-refractivity contribution in [3.63, 3.8) is 0 Å². The van der Waals surface area contributed by atoms with Crippen LogP contribution < -0.4 is 25.2 Å². The molecule has 8 rings (SSSR count). The lowest BCUT2D eigenvalue weighted by Crippen LogP contribution is -2.74. The molecule has 5 amide bonds. The number of ether oxygens (including phenoxy) is 1. The summed E-state index contributed by atoms with van der Waals surface area (Å²) < 4.78 is 21.7. The van der Waals surface area contributed by atoms with E-state index in [4.69, 9.17) is 16.3 Å². The molecule has 3 saturated heterocycles. The highest BCUT2D eigenvalue weighted by Crippen LogP contribution is 2.55. The standard InChI is InChI=1S/C43H47ClFN9O6/c1-42(2)40(43(3,4)41(42)60-27-6-5-25(22-46)29(44)21-27)48-36(56)31-7-9-33(50-49-31)53-13-11-24(12-14-53)23-51-15-17-52(18-16-51)26-19-28-35(30(45)20-26)39(59)54(38(28)58)32-8-10-34(55)47-37(32)57/h5-7,9,19-21,24,32,40-41H,8,10-18,23H2,1-4H3,(H,48,56)(H,47,55,57). The third kappa shape index (κ3) is 7.42. The number of nitrogens with one attached hydrogen (secondary N) is 2. The second-order valence-corrected chi connectivity index (χ2v) is 18.0. The lowest BCUT2D eigenvalue weighted by Gasteiger charge is -2.63. The fraction of sp³-hybridized carbons (Fsp3) is 0.488. The number of benzene rings is 2. The second kappa shape index (κ2) is 15.7. The number of imide groups is 2. The molecule has 1 saturated carbocycles. The van der Waals surface area contributed by atoms with Crippen LogP contribution in [0.3, 0.4) is 0 Å². The monoisotopic (exact) mass is 839 g/mol. The molecule has 1 atom stereocenters. The minimum absolute atomic E-state index is 0.00518. The highest BCUT2D eigenvalue weighted by molar-refractivity contribution is 6.31. The Labute approximate surface area is 352 Å². The number of amides is 5. The Balaban J connectivity index is 0.799. The van der Waals surface area contributed by atoms with Crippen molar-refractivity contribution in [3.8, 4) is 11.8 Å². The minimum atomic E-state index is -1.15. The van der Waals surface area contributed by atoms with Crippen molar-refractivity contribution < 1.29 is 33.1 Å². The first-order chi connectivity index (χ1) is 28.6. The Morgan fingerprint density at radius 3 is 2.28 bits per heavy atom. The molecular weight excluding hydrogens is 793 g/mol. The summed E-state index contributed by atoms with van der Waals surface area (Å²) in [4.78, 5) is 71.2. The van der Waals surface area contributed by atoms with Gasteiger partial charge in [0.2, 0.25) is 11.8 Å². The van der Waals surface area contributed by atoms with E-state index in [1.165, 1.54) is 12.1 Å². The van der Waals surface area contributed by atoms with E-state index in [1.54, 1.807) is 24.3 Å². The molecule has 1 aromatic heterocycles. The van der Waals surface area contributed by atoms with Gasteiger partial charge in [-0.1, -0.05) is 39.3 Å². The second-order valence-electron chi connectivity index (χ2n) is 17.6. The van der Waals surface area contributed by atoms with Gasteiger partial charge in [-0.25, -0.2) is 4.39 Å². The van der Waals surface area contributed by atoms with Gasteiger partial charge >= 0.3 is 0 Å². The molecule has 1 unspecified atom stereocenters. The van der Waals surface area contributed by atoms with E-state index < -0.39 is 46.3 Å². The number of hydrogen-bond acceptors (Lipinski definition) is 12. The maximum absolute atomic E-state index is 15.4. The zero-order valence-electron chi connectivity index (χ0n) is 34.0. The highest BCUT2D eigenvalue weighted by Gasteiger charge is 2.64. The zero-order valence-corrected chi connectivity index (χ0v) is 34.7. The number of carbonyl (C=O) groups excluding carboxylic acids is 5. The van der Waals surface area contributed by atoms with Crippen molar-refractivity contribution in [1.82, 2.24) is 30.6 Å². The summed E-state index contributed by atoms with van der Waals surface area (Å²) in [5, 5.41) is 23.6. The maximum Gasteiger partial charge on any atom is 0.272 e. The number of rotatable bonds is 9. The number of nitriles is 1. The number of piperazine rings is 1. The molecule has 5 heterocycles. The summed E-state index contributed by atoms with van der Waals surface area (Å²) in [6.07, 6.45) is 1.69. The molecule has 0 spiro atoms.